The molecule has 2 heterocycles. The Kier molecular flexibility index (Phi) is 25.7. The first-order chi connectivity index (χ1) is 28.9. The van der Waals surface area contributed by atoms with Gasteiger partial charge in [0.15, 0.2) is 12.2 Å². The summed E-state index contributed by atoms with van der Waals surface area (Å²) < 4.78 is 23.5. The van der Waals surface area contributed by atoms with E-state index in [1.54, 1.807) is 0 Å². The van der Waals surface area contributed by atoms with Crippen molar-refractivity contribution in [3.05, 3.63) is 0 Å². The van der Waals surface area contributed by atoms with Gasteiger partial charge in [-0.15, -0.1) is 0 Å². The number of carbonyl (C=O) groups excluding carboxylic acids is 3. The molecular weight excluding hydrogens is 739 g/mol. The SMILES string of the molecule is CCCCCCCCC1CC1CCCCCCCC(=O)O[C@H]1COC(COC(=O)CC2CCCCN2C)[C@@H]1OC(=O)CCCCCCCC1CC1CCCCCCCC. The molecule has 8 nitrogen and oxygen atoms in total. The molecule has 0 amide bonds. The molecule has 8 atom stereocenters. The van der Waals surface area contributed by atoms with Crippen LogP contribution in [0.3, 0.4) is 0 Å². The number of piperidine rings is 1. The Balaban J connectivity index is 1.07. The lowest BCUT2D eigenvalue weighted by molar-refractivity contribution is -0.168. The zero-order valence-corrected chi connectivity index (χ0v) is 38.6. The summed E-state index contributed by atoms with van der Waals surface area (Å²) >= 11 is 0. The van der Waals surface area contributed by atoms with Crippen molar-refractivity contribution in [2.45, 2.75) is 257 Å². The molecule has 0 aromatic carbocycles. The van der Waals surface area contributed by atoms with Crippen LogP contribution in [0.1, 0.15) is 232 Å². The Bertz CT molecular complexity index is 1130. The predicted molar refractivity (Wildman–Crippen MR) is 239 cm³/mol. The van der Waals surface area contributed by atoms with Crippen molar-refractivity contribution in [3.63, 3.8) is 0 Å². The third-order valence-electron chi connectivity index (χ3n) is 14.4. The molecule has 2 saturated carbocycles. The summed E-state index contributed by atoms with van der Waals surface area (Å²) in [4.78, 5) is 41.2. The Labute approximate surface area is 362 Å². The van der Waals surface area contributed by atoms with E-state index >= 15 is 0 Å². The standard InChI is InChI=1S/C51H91NO7/c1-4-6-8-10-14-20-28-41-36-43(41)30-22-16-12-18-24-33-48(53)58-47-40-56-46(39-57-50(55)38-45-32-26-27-35-52(45)3)51(47)59-49(54)34-25-19-13-17-23-31-44-37-42(44)29-21-15-11-9-7-5-2/h41-47,51H,4-40H2,1-3H3/t41?,42?,43?,44?,45?,46?,47-,51-/m0/s1. The van der Waals surface area contributed by atoms with Crippen molar-refractivity contribution in [2.24, 2.45) is 23.7 Å². The smallest absolute Gasteiger partial charge is 0.307 e. The molecule has 0 aromatic rings. The van der Waals surface area contributed by atoms with Gasteiger partial charge in [-0.3, -0.25) is 14.4 Å². The molecule has 2 saturated heterocycles. The van der Waals surface area contributed by atoms with Gasteiger partial charge in [-0.05, 0) is 75.8 Å². The second-order valence-electron chi connectivity index (χ2n) is 19.6. The molecule has 59 heavy (non-hydrogen) atoms. The fourth-order valence-electron chi connectivity index (χ4n) is 10.1. The van der Waals surface area contributed by atoms with Crippen molar-refractivity contribution >= 4 is 17.9 Å². The van der Waals surface area contributed by atoms with Crippen LogP contribution in [-0.2, 0) is 33.3 Å². The zero-order chi connectivity index (χ0) is 41.9. The van der Waals surface area contributed by atoms with Gasteiger partial charge in [-0.25, -0.2) is 0 Å². The number of hydrogen-bond donors (Lipinski definition) is 0. The van der Waals surface area contributed by atoms with E-state index in [1.807, 2.05) is 0 Å². The van der Waals surface area contributed by atoms with Crippen molar-refractivity contribution in [3.8, 4) is 0 Å². The number of unbranched alkanes of at least 4 members (excludes halogenated alkanes) is 18. The van der Waals surface area contributed by atoms with Crippen LogP contribution in [0.5, 0.6) is 0 Å². The van der Waals surface area contributed by atoms with E-state index < -0.39 is 18.3 Å². The molecule has 4 aliphatic rings. The summed E-state index contributed by atoms with van der Waals surface area (Å²) in [7, 11) is 2.06. The van der Waals surface area contributed by atoms with E-state index in [1.165, 1.54) is 141 Å². The van der Waals surface area contributed by atoms with Crippen LogP contribution in [0.4, 0.5) is 0 Å². The highest BCUT2D eigenvalue weighted by molar-refractivity contribution is 5.71. The molecule has 4 fully saturated rings. The predicted octanol–water partition coefficient (Wildman–Crippen LogP) is 12.9. The average Bonchev–Trinajstić information content (AvgIpc) is 4.13. The molecule has 2 aliphatic heterocycles. The number of esters is 3. The Morgan fingerprint density at radius 3 is 1.51 bits per heavy atom. The first kappa shape index (κ1) is 50.0. The lowest BCUT2D eigenvalue weighted by Crippen LogP contribution is -2.41. The molecular formula is C51H91NO7. The molecule has 0 spiro atoms. The average molecular weight is 830 g/mol. The largest absolute Gasteiger partial charge is 0.463 e. The van der Waals surface area contributed by atoms with Crippen molar-refractivity contribution in [1.82, 2.24) is 4.90 Å². The number of carbonyl (C=O) groups is 3. The Morgan fingerprint density at radius 1 is 0.559 bits per heavy atom. The highest BCUT2D eigenvalue weighted by atomic mass is 16.6. The Morgan fingerprint density at radius 2 is 1.02 bits per heavy atom. The third-order valence-corrected chi connectivity index (χ3v) is 14.4. The van der Waals surface area contributed by atoms with Gasteiger partial charge in [0.1, 0.15) is 12.7 Å². The van der Waals surface area contributed by atoms with Gasteiger partial charge in [-0.1, -0.05) is 174 Å². The number of likely N-dealkylation sites (tertiary alicyclic amines) is 1. The molecule has 342 valence electrons. The second-order valence-corrected chi connectivity index (χ2v) is 19.6. The van der Waals surface area contributed by atoms with Crippen LogP contribution in [-0.4, -0.2) is 74.0 Å². The molecule has 4 rings (SSSR count). The van der Waals surface area contributed by atoms with Gasteiger partial charge in [0.2, 0.25) is 0 Å². The van der Waals surface area contributed by atoms with Gasteiger partial charge in [0.25, 0.3) is 0 Å². The van der Waals surface area contributed by atoms with E-state index in [0.717, 1.165) is 88.0 Å². The third kappa shape index (κ3) is 21.8. The van der Waals surface area contributed by atoms with Gasteiger partial charge in [0, 0.05) is 18.9 Å². The van der Waals surface area contributed by atoms with Gasteiger partial charge >= 0.3 is 17.9 Å². The fraction of sp³-hybridized carbons (Fsp3) is 0.941. The maximum absolute atomic E-state index is 13.1. The number of ether oxygens (including phenoxy) is 4. The summed E-state index contributed by atoms with van der Waals surface area (Å²) in [6, 6.07) is 0.189. The van der Waals surface area contributed by atoms with Gasteiger partial charge in [0.05, 0.1) is 13.0 Å². The van der Waals surface area contributed by atoms with E-state index in [0.29, 0.717) is 19.3 Å². The van der Waals surface area contributed by atoms with Crippen LogP contribution in [0.2, 0.25) is 0 Å². The lowest BCUT2D eigenvalue weighted by Gasteiger charge is -2.31. The van der Waals surface area contributed by atoms with E-state index in [9.17, 15) is 14.4 Å². The first-order valence-corrected chi connectivity index (χ1v) is 25.7. The minimum atomic E-state index is -0.772. The van der Waals surface area contributed by atoms with E-state index in [4.69, 9.17) is 18.9 Å². The first-order valence-electron chi connectivity index (χ1n) is 25.7. The van der Waals surface area contributed by atoms with Crippen LogP contribution in [0.15, 0.2) is 0 Å². The maximum Gasteiger partial charge on any atom is 0.307 e. The number of hydrogen-bond acceptors (Lipinski definition) is 8. The number of nitrogens with zero attached hydrogens (tertiary/aromatic N) is 1. The van der Waals surface area contributed by atoms with Crippen LogP contribution >= 0.6 is 0 Å². The Hall–Kier alpha value is -1.67. The highest BCUT2D eigenvalue weighted by Gasteiger charge is 2.43. The maximum atomic E-state index is 13.1. The van der Waals surface area contributed by atoms with Crippen LogP contribution in [0, 0.1) is 23.7 Å². The summed E-state index contributed by atoms with van der Waals surface area (Å²) in [6.07, 6.45) is 38.4. The molecule has 6 unspecified atom stereocenters. The fourth-order valence-corrected chi connectivity index (χ4v) is 10.1. The molecule has 0 N–H and O–H groups in total. The molecule has 0 aromatic heterocycles. The summed E-state index contributed by atoms with van der Waals surface area (Å²) in [6.45, 7) is 5.69. The normalized spacial score (nSPS) is 26.5. The minimum absolute atomic E-state index is 0.0112. The van der Waals surface area contributed by atoms with Crippen LogP contribution in [0.25, 0.3) is 0 Å². The molecule has 8 heteroatoms. The highest BCUT2D eigenvalue weighted by Crippen LogP contribution is 2.46. The van der Waals surface area contributed by atoms with E-state index in [-0.39, 0.29) is 37.2 Å². The quantitative estimate of drug-likeness (QED) is 0.0350. The summed E-state index contributed by atoms with van der Waals surface area (Å²) in [5.41, 5.74) is 0. The van der Waals surface area contributed by atoms with E-state index in [2.05, 4.69) is 25.8 Å². The zero-order valence-electron chi connectivity index (χ0n) is 38.6. The van der Waals surface area contributed by atoms with Gasteiger partial charge in [-0.2, -0.15) is 0 Å². The van der Waals surface area contributed by atoms with Gasteiger partial charge < -0.3 is 23.8 Å². The number of rotatable bonds is 36. The van der Waals surface area contributed by atoms with Crippen LogP contribution < -0.4 is 0 Å². The van der Waals surface area contributed by atoms with Crippen molar-refractivity contribution in [2.75, 3.05) is 26.8 Å². The topological polar surface area (TPSA) is 91.4 Å². The second kappa shape index (κ2) is 30.4. The summed E-state index contributed by atoms with van der Waals surface area (Å²) in [5, 5.41) is 0. The van der Waals surface area contributed by atoms with Crippen molar-refractivity contribution in [1.29, 1.82) is 0 Å². The lowest BCUT2D eigenvalue weighted by atomic mass is 10.0. The monoisotopic (exact) mass is 830 g/mol. The minimum Gasteiger partial charge on any atom is -0.463 e. The summed E-state index contributed by atoms with van der Waals surface area (Å²) in [5.74, 6) is 3.09. The molecule has 0 radical (unpaired) electrons. The molecule has 0 bridgehead atoms. The van der Waals surface area contributed by atoms with Crippen molar-refractivity contribution < 1.29 is 33.3 Å². The molecule has 2 aliphatic carbocycles.